The largest absolute Gasteiger partial charge is 0.322 e. The van der Waals surface area contributed by atoms with E-state index < -0.39 is 10.0 Å². The first-order valence-corrected chi connectivity index (χ1v) is 10.9. The molecule has 0 saturated carbocycles. The molecule has 0 saturated heterocycles. The minimum atomic E-state index is -3.29. The lowest BCUT2D eigenvalue weighted by molar-refractivity contribution is 0.102. The molecule has 0 atom stereocenters. The van der Waals surface area contributed by atoms with Crippen LogP contribution in [0.25, 0.3) is 0 Å². The van der Waals surface area contributed by atoms with Crippen LogP contribution in [0.2, 0.25) is 0 Å². The topological polar surface area (TPSA) is 66.5 Å². The van der Waals surface area contributed by atoms with E-state index in [1.54, 1.807) is 12.1 Å². The van der Waals surface area contributed by atoms with Gasteiger partial charge in [0.05, 0.1) is 11.4 Å². The van der Waals surface area contributed by atoms with Crippen LogP contribution >= 0.6 is 0 Å². The van der Waals surface area contributed by atoms with E-state index in [0.29, 0.717) is 24.2 Å². The molecule has 144 valence electrons. The first-order chi connectivity index (χ1) is 12.8. The molecule has 1 N–H and O–H groups in total. The van der Waals surface area contributed by atoms with Gasteiger partial charge in [0, 0.05) is 17.8 Å². The Morgan fingerprint density at radius 3 is 2.48 bits per heavy atom. The highest BCUT2D eigenvalue weighted by molar-refractivity contribution is 7.92. The average molecular weight is 387 g/mol. The number of aryl methyl sites for hydroxylation is 3. The van der Waals surface area contributed by atoms with E-state index in [-0.39, 0.29) is 11.7 Å². The van der Waals surface area contributed by atoms with Gasteiger partial charge in [-0.3, -0.25) is 9.10 Å². The van der Waals surface area contributed by atoms with Crippen molar-refractivity contribution in [2.45, 2.75) is 40.0 Å². The van der Waals surface area contributed by atoms with E-state index in [9.17, 15) is 13.2 Å². The van der Waals surface area contributed by atoms with Crippen molar-refractivity contribution < 1.29 is 13.2 Å². The van der Waals surface area contributed by atoms with Gasteiger partial charge in [0.25, 0.3) is 5.91 Å². The number of carbonyl (C=O) groups excluding carboxylic acids is 1. The Kier molecular flexibility index (Phi) is 5.56. The third-order valence-electron chi connectivity index (χ3n) is 4.70. The second-order valence-corrected chi connectivity index (χ2v) is 9.18. The Bertz CT molecular complexity index is 947. The van der Waals surface area contributed by atoms with Gasteiger partial charge in [-0.25, -0.2) is 8.42 Å². The molecule has 0 fully saturated rings. The Labute approximate surface area is 161 Å². The fourth-order valence-electron chi connectivity index (χ4n) is 3.61. The van der Waals surface area contributed by atoms with Crippen molar-refractivity contribution in [1.82, 2.24) is 0 Å². The number of hydrogen-bond donors (Lipinski definition) is 1. The van der Waals surface area contributed by atoms with Gasteiger partial charge in [-0.05, 0) is 69.0 Å². The Balaban J connectivity index is 1.85. The van der Waals surface area contributed by atoms with Gasteiger partial charge < -0.3 is 5.32 Å². The molecule has 0 aromatic heterocycles. The maximum absolute atomic E-state index is 12.6. The van der Waals surface area contributed by atoms with Crippen LogP contribution in [-0.2, 0) is 16.4 Å². The molecule has 0 aliphatic carbocycles. The zero-order valence-corrected chi connectivity index (χ0v) is 16.9. The number of carbonyl (C=O) groups is 1. The molecule has 27 heavy (non-hydrogen) atoms. The highest BCUT2D eigenvalue weighted by Crippen LogP contribution is 2.32. The number of nitrogens with one attached hydrogen (secondary N) is 1. The molecule has 1 amide bonds. The summed E-state index contributed by atoms with van der Waals surface area (Å²) >= 11 is 0. The monoisotopic (exact) mass is 386 g/mol. The Hall–Kier alpha value is -2.34. The molecule has 1 aliphatic rings. The van der Waals surface area contributed by atoms with Gasteiger partial charge in [0.15, 0.2) is 0 Å². The quantitative estimate of drug-likeness (QED) is 0.843. The van der Waals surface area contributed by atoms with E-state index in [1.165, 1.54) is 4.31 Å². The highest BCUT2D eigenvalue weighted by Gasteiger charge is 2.26. The van der Waals surface area contributed by atoms with Crippen molar-refractivity contribution in [2.24, 2.45) is 0 Å². The van der Waals surface area contributed by atoms with Crippen LogP contribution in [0.4, 0.5) is 11.4 Å². The summed E-state index contributed by atoms with van der Waals surface area (Å²) in [6.07, 6.45) is 2.18. The molecule has 0 unspecified atom stereocenters. The number of amides is 1. The lowest BCUT2D eigenvalue weighted by atomic mass is 10.0. The van der Waals surface area contributed by atoms with Gasteiger partial charge in [-0.1, -0.05) is 24.1 Å². The maximum atomic E-state index is 12.6. The van der Waals surface area contributed by atoms with Crippen LogP contribution in [0.15, 0.2) is 36.4 Å². The summed E-state index contributed by atoms with van der Waals surface area (Å²) in [6, 6.07) is 11.2. The normalized spacial score (nSPS) is 14.0. The Morgan fingerprint density at radius 1 is 1.11 bits per heavy atom. The van der Waals surface area contributed by atoms with Crippen molar-refractivity contribution in [3.63, 3.8) is 0 Å². The predicted octanol–water partition coefficient (Wildman–Crippen LogP) is 4.05. The summed E-state index contributed by atoms with van der Waals surface area (Å²) in [6.45, 7) is 6.32. The van der Waals surface area contributed by atoms with Crippen molar-refractivity contribution in [3.8, 4) is 0 Å². The molecule has 2 aromatic rings. The molecular formula is C21H26N2O3S. The van der Waals surface area contributed by atoms with Crippen molar-refractivity contribution in [2.75, 3.05) is 21.9 Å². The number of sulfonamides is 1. The molecule has 0 radical (unpaired) electrons. The zero-order chi connectivity index (χ0) is 19.6. The summed E-state index contributed by atoms with van der Waals surface area (Å²) < 4.78 is 26.6. The summed E-state index contributed by atoms with van der Waals surface area (Å²) in [5, 5.41) is 2.93. The number of hydrogen-bond acceptors (Lipinski definition) is 3. The van der Waals surface area contributed by atoms with Crippen LogP contribution in [0.5, 0.6) is 0 Å². The summed E-state index contributed by atoms with van der Waals surface area (Å²) in [5.74, 6) is -0.00881. The van der Waals surface area contributed by atoms with Crippen LogP contribution in [0.1, 0.15) is 46.8 Å². The van der Waals surface area contributed by atoms with Crippen LogP contribution in [0, 0.1) is 13.8 Å². The van der Waals surface area contributed by atoms with Crippen molar-refractivity contribution >= 4 is 27.3 Å². The molecule has 6 heteroatoms. The van der Waals surface area contributed by atoms with E-state index in [2.05, 4.69) is 5.32 Å². The number of benzene rings is 2. The summed E-state index contributed by atoms with van der Waals surface area (Å²) in [5.41, 5.74) is 5.09. The lowest BCUT2D eigenvalue weighted by Gasteiger charge is -2.30. The van der Waals surface area contributed by atoms with Crippen molar-refractivity contribution in [3.05, 3.63) is 58.7 Å². The van der Waals surface area contributed by atoms with Gasteiger partial charge >= 0.3 is 0 Å². The summed E-state index contributed by atoms with van der Waals surface area (Å²) in [4.78, 5) is 12.6. The van der Waals surface area contributed by atoms with E-state index >= 15 is 0 Å². The fourth-order valence-corrected chi connectivity index (χ4v) is 5.23. The third-order valence-corrected chi connectivity index (χ3v) is 6.67. The average Bonchev–Trinajstić information content (AvgIpc) is 2.60. The van der Waals surface area contributed by atoms with Crippen LogP contribution in [-0.4, -0.2) is 26.6 Å². The van der Waals surface area contributed by atoms with Crippen LogP contribution < -0.4 is 9.62 Å². The maximum Gasteiger partial charge on any atom is 0.255 e. The van der Waals surface area contributed by atoms with Gasteiger partial charge in [-0.2, -0.15) is 0 Å². The predicted molar refractivity (Wildman–Crippen MR) is 110 cm³/mol. The van der Waals surface area contributed by atoms with Gasteiger partial charge in [0.2, 0.25) is 10.0 Å². The molecule has 2 aromatic carbocycles. The molecule has 0 spiro atoms. The molecule has 1 aliphatic heterocycles. The third kappa shape index (κ3) is 4.33. The number of fused-ring (bicyclic) bond motifs is 1. The standard InChI is InChI=1S/C21H26N2O3S/c1-4-10-27(25,26)23-9-5-6-17-14-19(7-8-20(17)23)22-21(24)18-12-15(2)11-16(3)13-18/h7-8,11-14H,4-6,9-10H2,1-3H3,(H,22,24). The Morgan fingerprint density at radius 2 is 1.81 bits per heavy atom. The zero-order valence-electron chi connectivity index (χ0n) is 16.1. The molecule has 0 bridgehead atoms. The SMILES string of the molecule is CCCS(=O)(=O)N1CCCc2cc(NC(=O)c3cc(C)cc(C)c3)ccc21. The molecule has 5 nitrogen and oxygen atoms in total. The van der Waals surface area contributed by atoms with E-state index in [1.807, 2.05) is 45.0 Å². The van der Waals surface area contributed by atoms with Crippen molar-refractivity contribution in [1.29, 1.82) is 0 Å². The summed E-state index contributed by atoms with van der Waals surface area (Å²) in [7, 11) is -3.29. The molecule has 3 rings (SSSR count). The van der Waals surface area contributed by atoms with E-state index in [0.717, 1.165) is 35.2 Å². The molecular weight excluding hydrogens is 360 g/mol. The van der Waals surface area contributed by atoms with E-state index in [4.69, 9.17) is 0 Å². The lowest BCUT2D eigenvalue weighted by Crippen LogP contribution is -2.37. The second kappa shape index (κ2) is 7.72. The first-order valence-electron chi connectivity index (χ1n) is 9.33. The number of rotatable bonds is 5. The first kappa shape index (κ1) is 19.4. The minimum Gasteiger partial charge on any atom is -0.322 e. The van der Waals surface area contributed by atoms with Crippen LogP contribution in [0.3, 0.4) is 0 Å². The molecule has 1 heterocycles. The van der Waals surface area contributed by atoms with Gasteiger partial charge in [-0.15, -0.1) is 0 Å². The highest BCUT2D eigenvalue weighted by atomic mass is 32.2. The smallest absolute Gasteiger partial charge is 0.255 e. The number of anilines is 2. The minimum absolute atomic E-state index is 0.150. The second-order valence-electron chi connectivity index (χ2n) is 7.17. The van der Waals surface area contributed by atoms with Gasteiger partial charge in [0.1, 0.15) is 0 Å². The fraction of sp³-hybridized carbons (Fsp3) is 0.381. The number of nitrogens with zero attached hydrogens (tertiary/aromatic N) is 1.